The highest BCUT2D eigenvalue weighted by Crippen LogP contribution is 2.31. The Hall–Kier alpha value is -12.2. The van der Waals surface area contributed by atoms with Crippen molar-refractivity contribution >= 4 is 55.2 Å². The zero-order valence-electron chi connectivity index (χ0n) is 69.5. The number of aromatic nitrogens is 8. The van der Waals surface area contributed by atoms with Crippen molar-refractivity contribution in [2.75, 3.05) is 82.6 Å². The molecule has 15 nitrogen and oxygen atoms in total. The highest BCUT2D eigenvalue weighted by atomic mass is 16.5. The van der Waals surface area contributed by atoms with E-state index in [4.69, 9.17) is 4.74 Å². The van der Waals surface area contributed by atoms with Gasteiger partial charge in [-0.3, -0.25) is 19.0 Å². The highest BCUT2D eigenvalue weighted by Gasteiger charge is 2.16. The molecule has 6 heterocycles. The second-order valence-corrected chi connectivity index (χ2v) is 31.7. The number of Topliss-reactive ketones (excluding diaryl/α,β-unsaturated/α-hetero) is 2. The van der Waals surface area contributed by atoms with Crippen molar-refractivity contribution in [3.05, 3.63) is 361 Å². The lowest BCUT2D eigenvalue weighted by atomic mass is 9.99. The van der Waals surface area contributed by atoms with Crippen LogP contribution < -0.4 is 4.74 Å². The maximum atomic E-state index is 12.5. The Bertz CT molecular complexity index is 5580. The molecule has 15 heteroatoms. The number of carbonyl (C=O) groups excluding carboxylic acids is 2. The molecule has 0 amide bonds. The summed E-state index contributed by atoms with van der Waals surface area (Å²) in [5.41, 5.74) is 18.4. The Kier molecular flexibility index (Phi) is 28.9. The van der Waals surface area contributed by atoms with Gasteiger partial charge in [0.1, 0.15) is 11.5 Å². The lowest BCUT2D eigenvalue weighted by Gasteiger charge is -2.12. The maximum absolute atomic E-state index is 12.5. The zero-order valence-corrected chi connectivity index (χ0v) is 69.5. The van der Waals surface area contributed by atoms with Gasteiger partial charge in [-0.15, -0.1) is 0 Å². The average Bonchev–Trinajstić information content (AvgIpc) is 1.64. The molecule has 117 heavy (non-hydrogen) atoms. The van der Waals surface area contributed by atoms with E-state index in [2.05, 4.69) is 300 Å². The third-order valence-electron chi connectivity index (χ3n) is 21.4. The molecule has 6 aromatic heterocycles. The third-order valence-corrected chi connectivity index (χ3v) is 21.4. The van der Waals surface area contributed by atoms with Crippen LogP contribution in [0.2, 0.25) is 0 Å². The van der Waals surface area contributed by atoms with Gasteiger partial charge in [0.2, 0.25) is 0 Å². The monoisotopic (exact) mass is 1550 g/mol. The van der Waals surface area contributed by atoms with Crippen LogP contribution in [0.1, 0.15) is 92.7 Å². The van der Waals surface area contributed by atoms with Gasteiger partial charge in [0.25, 0.3) is 0 Å². The van der Waals surface area contributed by atoms with Gasteiger partial charge in [-0.05, 0) is 275 Å². The van der Waals surface area contributed by atoms with E-state index in [1.165, 1.54) is 71.6 Å². The van der Waals surface area contributed by atoms with Crippen LogP contribution in [0.5, 0.6) is 11.5 Å². The fourth-order valence-electron chi connectivity index (χ4n) is 15.0. The van der Waals surface area contributed by atoms with E-state index in [9.17, 15) is 9.59 Å². The molecule has 1 atom stereocenters. The summed E-state index contributed by atoms with van der Waals surface area (Å²) in [4.78, 5) is 33.9. The van der Waals surface area contributed by atoms with Crippen LogP contribution in [-0.4, -0.2) is 152 Å². The summed E-state index contributed by atoms with van der Waals surface area (Å²) in [5.74, 6) is 1.78. The molecule has 0 bridgehead atoms. The molecular weight excluding hydrogens is 1440 g/mol. The summed E-state index contributed by atoms with van der Waals surface area (Å²) < 4.78 is 19.4. The first-order valence-corrected chi connectivity index (χ1v) is 41.1. The van der Waals surface area contributed by atoms with Crippen molar-refractivity contribution in [1.29, 1.82) is 0 Å². The summed E-state index contributed by atoms with van der Waals surface area (Å²) in [6, 6.07) is 91.4. The van der Waals surface area contributed by atoms with E-state index in [0.29, 0.717) is 18.4 Å². The molecule has 0 N–H and O–H groups in total. The average molecular weight is 1550 g/mol. The van der Waals surface area contributed by atoms with Gasteiger partial charge in [-0.25, -0.2) is 0 Å². The molecule has 0 aliphatic heterocycles. The van der Waals surface area contributed by atoms with Gasteiger partial charge in [0, 0.05) is 137 Å². The first-order chi connectivity index (χ1) is 57.0. The Labute approximate surface area is 690 Å². The Morgan fingerprint density at radius 1 is 0.350 bits per heavy atom. The number of hydrogen-bond acceptors (Lipinski definition) is 9. The van der Waals surface area contributed by atoms with Gasteiger partial charge < -0.3 is 42.6 Å². The molecule has 0 aliphatic rings. The molecule has 16 rings (SSSR count). The minimum absolute atomic E-state index is 0.106. The van der Waals surface area contributed by atoms with Crippen molar-refractivity contribution < 1.29 is 14.3 Å². The minimum atomic E-state index is 0.106. The molecule has 10 aromatic carbocycles. The minimum Gasteiger partial charge on any atom is -0.457 e. The number of nitrogens with zero attached hydrogens (tertiary/aromatic N) is 12. The SMILES string of the molecule is CC(c1ccccc1)n1cc(-c2ccc3c(ccn3CCCN(C)C)c2)cn1.CN(C)CCCn1ccc2cc(-c3cnn(Cc4ccccc4)c3)ccc21.CN(C)CCCn1ccc2cc(Cc3ccc(C(=O)Cc4ccccc4)cc3)ccc21.CN(C)CCCn1ccc2cc(Oc3ccc(C(=O)Cc4ccccc4)cc3)ccc21. The van der Waals surface area contributed by atoms with Gasteiger partial charge in [0.15, 0.2) is 11.6 Å². The molecule has 16 aromatic rings. The van der Waals surface area contributed by atoms with Gasteiger partial charge >= 0.3 is 0 Å². The van der Waals surface area contributed by atoms with Crippen LogP contribution >= 0.6 is 0 Å². The molecule has 0 radical (unpaired) electrons. The summed E-state index contributed by atoms with van der Waals surface area (Å²) >= 11 is 0. The Morgan fingerprint density at radius 3 is 1.19 bits per heavy atom. The number of ether oxygens (including phenoxy) is 1. The first kappa shape index (κ1) is 82.7. The van der Waals surface area contributed by atoms with Gasteiger partial charge in [-0.1, -0.05) is 164 Å². The summed E-state index contributed by atoms with van der Waals surface area (Å²) in [5, 5.41) is 14.2. The smallest absolute Gasteiger partial charge is 0.167 e. The fraction of sp³-hybridized carbons (Fsp3) is 0.255. The second-order valence-electron chi connectivity index (χ2n) is 31.7. The van der Waals surface area contributed by atoms with Crippen molar-refractivity contribution in [3.8, 4) is 33.8 Å². The standard InChI is InChI=1S/C28H30N2O.C27H28N2O2.C24H28N4.C23H26N4/c1-29(2)16-6-17-30-18-15-26-20-24(11-14-27(26)30)19-23-9-12-25(13-10-23)28(31)21-22-7-4-3-5-8-22;1-28(2)16-6-17-29-18-15-23-20-25(13-14-26(23)29)31-24-11-9-22(10-12-24)27(30)19-21-7-4-3-5-8-21;1-19(20-8-5-4-6-9-20)28-18-23(17-25-28)21-10-11-24-22(16-21)12-15-27(24)14-7-13-26(2)3;1-25(2)12-6-13-26-14-11-21-15-20(9-10-23(21)26)22-16-24-27(18-22)17-19-7-4-3-5-8-19/h3-5,7-15,18,20H,6,16-17,19,21H2,1-2H3;3-5,7-15,18,20H,6,16-17,19H2,1-2H3;4-6,8-12,15-19H,7,13-14H2,1-3H3;3-5,7-11,14-16,18H,6,12-13,17H2,1-2H3. The highest BCUT2D eigenvalue weighted by molar-refractivity contribution is 5.98. The number of aryl methyl sites for hydroxylation is 4. The molecule has 0 saturated heterocycles. The second kappa shape index (κ2) is 40.9. The normalized spacial score (nSPS) is 11.7. The lowest BCUT2D eigenvalue weighted by molar-refractivity contribution is 0.0984. The van der Waals surface area contributed by atoms with Crippen LogP contribution in [0.25, 0.3) is 65.9 Å². The molecule has 0 aliphatic carbocycles. The summed E-state index contributed by atoms with van der Waals surface area (Å²) in [6.07, 6.45) is 23.2. The fourth-order valence-corrected chi connectivity index (χ4v) is 15.0. The number of carbonyl (C=O) groups is 2. The Morgan fingerprint density at radius 2 is 0.726 bits per heavy atom. The molecule has 0 fully saturated rings. The first-order valence-electron chi connectivity index (χ1n) is 41.1. The van der Waals surface area contributed by atoms with E-state index in [0.717, 1.165) is 136 Å². The molecule has 598 valence electrons. The molecule has 1 unspecified atom stereocenters. The van der Waals surface area contributed by atoms with E-state index in [1.54, 1.807) is 0 Å². The van der Waals surface area contributed by atoms with Crippen molar-refractivity contribution in [2.45, 2.75) is 90.6 Å². The number of fused-ring (bicyclic) bond motifs is 4. The van der Waals surface area contributed by atoms with E-state index in [1.807, 2.05) is 137 Å². The van der Waals surface area contributed by atoms with Gasteiger partial charge in [0.05, 0.1) is 25.0 Å². The number of ketones is 2. The van der Waals surface area contributed by atoms with Crippen LogP contribution in [0, 0.1) is 0 Å². The third kappa shape index (κ3) is 23.5. The number of rotatable bonds is 32. The zero-order chi connectivity index (χ0) is 81.4. The number of benzene rings is 10. The van der Waals surface area contributed by atoms with Crippen LogP contribution in [0.3, 0.4) is 0 Å². The van der Waals surface area contributed by atoms with E-state index < -0.39 is 0 Å². The summed E-state index contributed by atoms with van der Waals surface area (Å²) in [6.45, 7) is 11.5. The number of hydrogen-bond donors (Lipinski definition) is 0. The van der Waals surface area contributed by atoms with E-state index in [-0.39, 0.29) is 17.6 Å². The topological polar surface area (TPSA) is 112 Å². The Balaban J connectivity index is 0.000000136. The predicted molar refractivity (Wildman–Crippen MR) is 483 cm³/mol. The molecular formula is C102H112N12O3. The van der Waals surface area contributed by atoms with Crippen LogP contribution in [-0.2, 0) is 52.0 Å². The molecule has 0 saturated carbocycles. The quantitative estimate of drug-likeness (QED) is 0.0381. The van der Waals surface area contributed by atoms with Crippen molar-refractivity contribution in [2.24, 2.45) is 0 Å². The van der Waals surface area contributed by atoms with E-state index >= 15 is 0 Å². The predicted octanol–water partition coefficient (Wildman–Crippen LogP) is 21.0. The van der Waals surface area contributed by atoms with Crippen LogP contribution in [0.15, 0.2) is 316 Å². The summed E-state index contributed by atoms with van der Waals surface area (Å²) in [7, 11) is 16.9. The van der Waals surface area contributed by atoms with Crippen molar-refractivity contribution in [3.63, 3.8) is 0 Å². The largest absolute Gasteiger partial charge is 0.457 e. The van der Waals surface area contributed by atoms with Crippen LogP contribution in [0.4, 0.5) is 0 Å². The lowest BCUT2D eigenvalue weighted by Crippen LogP contribution is -2.14. The maximum Gasteiger partial charge on any atom is 0.167 e. The van der Waals surface area contributed by atoms with Gasteiger partial charge in [-0.2, -0.15) is 10.2 Å². The van der Waals surface area contributed by atoms with Crippen molar-refractivity contribution in [1.82, 2.24) is 57.4 Å². The molecule has 0 spiro atoms.